The van der Waals surface area contributed by atoms with E-state index in [-0.39, 0.29) is 0 Å². The van der Waals surface area contributed by atoms with Gasteiger partial charge in [-0.15, -0.1) is 0 Å². The molecule has 1 N–H and O–H groups in total. The van der Waals surface area contributed by atoms with Crippen LogP contribution in [0.15, 0.2) is 60.7 Å². The first kappa shape index (κ1) is 13.8. The fourth-order valence-corrected chi connectivity index (χ4v) is 2.27. The Kier molecular flexibility index (Phi) is 5.17. The van der Waals surface area contributed by atoms with Crippen molar-refractivity contribution in [1.82, 2.24) is 5.32 Å². The number of hydrogen-bond donors (Lipinski definition) is 1. The first-order valence-electron chi connectivity index (χ1n) is 7.14. The van der Waals surface area contributed by atoms with Crippen molar-refractivity contribution in [2.75, 3.05) is 0 Å². The zero-order chi connectivity index (χ0) is 13.5. The fourth-order valence-electron chi connectivity index (χ4n) is 2.27. The van der Waals surface area contributed by atoms with Crippen LogP contribution in [0.25, 0.3) is 0 Å². The summed E-state index contributed by atoms with van der Waals surface area (Å²) in [5.41, 5.74) is 2.75. The van der Waals surface area contributed by atoms with Crippen LogP contribution < -0.4 is 5.32 Å². The maximum absolute atomic E-state index is 3.73. The molecule has 0 amide bonds. The highest BCUT2D eigenvalue weighted by atomic mass is 14.9. The number of nitrogens with one attached hydrogen (secondary N) is 1. The summed E-state index contributed by atoms with van der Waals surface area (Å²) in [6.07, 6.45) is 2.19. The number of benzene rings is 2. The van der Waals surface area contributed by atoms with Crippen molar-refractivity contribution in [2.24, 2.45) is 0 Å². The number of rotatable bonds is 6. The van der Waals surface area contributed by atoms with Crippen molar-refractivity contribution in [3.63, 3.8) is 0 Å². The molecule has 0 aliphatic heterocycles. The molecule has 0 aliphatic rings. The van der Waals surface area contributed by atoms with E-state index in [4.69, 9.17) is 0 Å². The predicted octanol–water partition coefficient (Wildman–Crippen LogP) is 4.36. The van der Waals surface area contributed by atoms with Crippen molar-refractivity contribution < 1.29 is 0 Å². The fraction of sp³-hybridized carbons (Fsp3) is 0.333. The molecule has 0 aromatic heterocycles. The van der Waals surface area contributed by atoms with E-state index in [9.17, 15) is 0 Å². The van der Waals surface area contributed by atoms with Crippen LogP contribution in [-0.2, 0) is 6.42 Å². The Hall–Kier alpha value is -1.60. The van der Waals surface area contributed by atoms with Crippen LogP contribution in [0.3, 0.4) is 0 Å². The molecule has 1 heteroatoms. The van der Waals surface area contributed by atoms with Gasteiger partial charge in [-0.3, -0.25) is 0 Å². The summed E-state index contributed by atoms with van der Waals surface area (Å²) in [4.78, 5) is 0. The van der Waals surface area contributed by atoms with E-state index >= 15 is 0 Å². The maximum atomic E-state index is 3.73. The lowest BCUT2D eigenvalue weighted by Gasteiger charge is -2.23. The average molecular weight is 253 g/mol. The van der Waals surface area contributed by atoms with Crippen LogP contribution in [0.1, 0.15) is 37.4 Å². The largest absolute Gasteiger partial charge is 0.307 e. The molecule has 100 valence electrons. The highest BCUT2D eigenvalue weighted by Gasteiger charge is 2.13. The molecule has 0 aliphatic carbocycles. The van der Waals surface area contributed by atoms with Crippen molar-refractivity contribution in [3.8, 4) is 0 Å². The summed E-state index contributed by atoms with van der Waals surface area (Å²) < 4.78 is 0. The van der Waals surface area contributed by atoms with Gasteiger partial charge in [0, 0.05) is 12.1 Å². The Bertz CT molecular complexity index is 464. The first-order valence-corrected chi connectivity index (χ1v) is 7.14. The Morgan fingerprint density at radius 2 is 1.47 bits per heavy atom. The van der Waals surface area contributed by atoms with Gasteiger partial charge in [-0.2, -0.15) is 0 Å². The van der Waals surface area contributed by atoms with Crippen LogP contribution in [0.5, 0.6) is 0 Å². The lowest BCUT2D eigenvalue weighted by molar-refractivity contribution is 0.444. The van der Waals surface area contributed by atoms with Gasteiger partial charge < -0.3 is 5.32 Å². The summed E-state index contributed by atoms with van der Waals surface area (Å²) in [6.45, 7) is 4.48. The van der Waals surface area contributed by atoms with Gasteiger partial charge >= 0.3 is 0 Å². The van der Waals surface area contributed by atoms with Crippen LogP contribution in [0.4, 0.5) is 0 Å². The van der Waals surface area contributed by atoms with Gasteiger partial charge in [0.15, 0.2) is 0 Å². The minimum absolute atomic E-state index is 0.388. The van der Waals surface area contributed by atoms with Crippen LogP contribution in [0, 0.1) is 0 Å². The number of hydrogen-bond acceptors (Lipinski definition) is 1. The van der Waals surface area contributed by atoms with Crippen LogP contribution >= 0.6 is 0 Å². The molecule has 0 saturated carbocycles. The Morgan fingerprint density at radius 1 is 0.895 bits per heavy atom. The van der Waals surface area contributed by atoms with Gasteiger partial charge in [0.1, 0.15) is 0 Å². The van der Waals surface area contributed by atoms with Crippen molar-refractivity contribution >= 4 is 0 Å². The summed E-state index contributed by atoms with van der Waals surface area (Å²) in [5, 5.41) is 3.73. The van der Waals surface area contributed by atoms with Gasteiger partial charge in [-0.25, -0.2) is 0 Å². The molecule has 2 aromatic carbocycles. The lowest BCUT2D eigenvalue weighted by atomic mass is 9.98. The van der Waals surface area contributed by atoms with E-state index in [1.165, 1.54) is 11.1 Å². The van der Waals surface area contributed by atoms with Gasteiger partial charge in [-0.1, -0.05) is 67.6 Å². The predicted molar refractivity (Wildman–Crippen MR) is 82.2 cm³/mol. The molecule has 0 saturated heterocycles. The lowest BCUT2D eigenvalue weighted by Crippen LogP contribution is -2.31. The molecule has 0 heterocycles. The molecule has 0 bridgehead atoms. The third-order valence-electron chi connectivity index (χ3n) is 3.58. The molecule has 2 unspecified atom stereocenters. The average Bonchev–Trinajstić information content (AvgIpc) is 2.48. The van der Waals surface area contributed by atoms with Crippen molar-refractivity contribution in [2.45, 2.75) is 38.8 Å². The topological polar surface area (TPSA) is 12.0 Å². The highest BCUT2D eigenvalue weighted by Crippen LogP contribution is 2.19. The van der Waals surface area contributed by atoms with E-state index in [1.807, 2.05) is 0 Å². The first-order chi connectivity index (χ1) is 9.29. The third-order valence-corrected chi connectivity index (χ3v) is 3.58. The summed E-state index contributed by atoms with van der Waals surface area (Å²) in [7, 11) is 0. The quantitative estimate of drug-likeness (QED) is 0.806. The van der Waals surface area contributed by atoms with Gasteiger partial charge in [0.25, 0.3) is 0 Å². The summed E-state index contributed by atoms with van der Waals surface area (Å²) >= 11 is 0. The molecule has 2 aromatic rings. The molecule has 19 heavy (non-hydrogen) atoms. The van der Waals surface area contributed by atoms with Crippen molar-refractivity contribution in [1.29, 1.82) is 0 Å². The minimum Gasteiger partial charge on any atom is -0.307 e. The molecule has 2 atom stereocenters. The van der Waals surface area contributed by atoms with Gasteiger partial charge in [-0.05, 0) is 30.9 Å². The van der Waals surface area contributed by atoms with Crippen molar-refractivity contribution in [3.05, 3.63) is 71.8 Å². The monoisotopic (exact) mass is 253 g/mol. The minimum atomic E-state index is 0.388. The zero-order valence-electron chi connectivity index (χ0n) is 11.8. The smallest absolute Gasteiger partial charge is 0.0363 e. The van der Waals surface area contributed by atoms with E-state index < -0.39 is 0 Å². The molecule has 1 nitrogen and oxygen atoms in total. The van der Waals surface area contributed by atoms with E-state index in [0.29, 0.717) is 12.1 Å². The maximum Gasteiger partial charge on any atom is 0.0363 e. The highest BCUT2D eigenvalue weighted by molar-refractivity contribution is 5.23. The molecular formula is C18H23N. The van der Waals surface area contributed by atoms with Gasteiger partial charge in [0.2, 0.25) is 0 Å². The second-order valence-corrected chi connectivity index (χ2v) is 5.13. The Morgan fingerprint density at radius 3 is 2.05 bits per heavy atom. The van der Waals surface area contributed by atoms with E-state index in [1.54, 1.807) is 0 Å². The SMILES string of the molecule is CCC(C)NC(Cc1ccccc1)c1ccccc1. The molecule has 0 fully saturated rings. The second-order valence-electron chi connectivity index (χ2n) is 5.13. The third kappa shape index (κ3) is 4.22. The van der Waals surface area contributed by atoms with Crippen LogP contribution in [0.2, 0.25) is 0 Å². The molecule has 0 radical (unpaired) electrons. The Balaban J connectivity index is 2.15. The molecule has 0 spiro atoms. The summed E-state index contributed by atoms with van der Waals surface area (Å²) in [6, 6.07) is 22.4. The second kappa shape index (κ2) is 7.10. The van der Waals surface area contributed by atoms with E-state index in [2.05, 4.69) is 79.8 Å². The van der Waals surface area contributed by atoms with E-state index in [0.717, 1.165) is 12.8 Å². The standard InChI is InChI=1S/C18H23N/c1-3-15(2)19-18(17-12-8-5-9-13-17)14-16-10-6-4-7-11-16/h4-13,15,18-19H,3,14H2,1-2H3. The summed E-state index contributed by atoms with van der Waals surface area (Å²) in [5.74, 6) is 0. The molecule has 2 rings (SSSR count). The van der Waals surface area contributed by atoms with Crippen LogP contribution in [-0.4, -0.2) is 6.04 Å². The molecular weight excluding hydrogens is 230 g/mol. The normalized spacial score (nSPS) is 14.0. The Labute approximate surface area is 116 Å². The zero-order valence-corrected chi connectivity index (χ0v) is 11.8. The van der Waals surface area contributed by atoms with Gasteiger partial charge in [0.05, 0.1) is 0 Å².